The fraction of sp³-hybridized carbons (Fsp3) is 0.500. The van der Waals surface area contributed by atoms with Crippen molar-refractivity contribution in [2.75, 3.05) is 0 Å². The molecule has 21 heavy (non-hydrogen) atoms. The minimum atomic E-state index is -0.779. The van der Waals surface area contributed by atoms with Crippen molar-refractivity contribution in [1.29, 1.82) is 0 Å². The summed E-state index contributed by atoms with van der Waals surface area (Å²) in [5, 5.41) is 11.4. The molecule has 5 heteroatoms. The first-order valence-corrected chi connectivity index (χ1v) is 7.30. The molecule has 0 aliphatic heterocycles. The van der Waals surface area contributed by atoms with Crippen LogP contribution in [0.4, 0.5) is 4.79 Å². The van der Waals surface area contributed by atoms with Crippen LogP contribution in [0.2, 0.25) is 0 Å². The molecule has 2 N–H and O–H groups in total. The number of carboxylic acid groups (broad SMARTS) is 1. The van der Waals surface area contributed by atoms with E-state index in [4.69, 9.17) is 9.84 Å². The first-order valence-electron chi connectivity index (χ1n) is 7.30. The number of benzene rings is 1. The second-order valence-corrected chi connectivity index (χ2v) is 4.95. The van der Waals surface area contributed by atoms with Gasteiger partial charge in [-0.3, -0.25) is 4.79 Å². The SMILES string of the molecule is CCC(CCCCC(=O)O)NC(=O)OCc1ccccc1. The van der Waals surface area contributed by atoms with Gasteiger partial charge in [-0.1, -0.05) is 43.7 Å². The Morgan fingerprint density at radius 3 is 2.57 bits per heavy atom. The molecule has 0 radical (unpaired) electrons. The van der Waals surface area contributed by atoms with E-state index in [1.807, 2.05) is 37.3 Å². The van der Waals surface area contributed by atoms with Gasteiger partial charge in [0.25, 0.3) is 0 Å². The minimum absolute atomic E-state index is 0.0297. The van der Waals surface area contributed by atoms with Crippen molar-refractivity contribution in [3.05, 3.63) is 35.9 Å². The van der Waals surface area contributed by atoms with Crippen LogP contribution in [0.25, 0.3) is 0 Å². The van der Waals surface area contributed by atoms with Gasteiger partial charge < -0.3 is 15.2 Å². The number of unbranched alkanes of at least 4 members (excludes halogenated alkanes) is 1. The number of carbonyl (C=O) groups excluding carboxylic acids is 1. The van der Waals surface area contributed by atoms with E-state index in [1.165, 1.54) is 0 Å². The largest absolute Gasteiger partial charge is 0.481 e. The van der Waals surface area contributed by atoms with Gasteiger partial charge in [-0.25, -0.2) is 4.79 Å². The third-order valence-electron chi connectivity index (χ3n) is 3.22. The van der Waals surface area contributed by atoms with Crippen molar-refractivity contribution in [3.8, 4) is 0 Å². The van der Waals surface area contributed by atoms with E-state index < -0.39 is 12.1 Å². The Bertz CT molecular complexity index is 433. The van der Waals surface area contributed by atoms with E-state index in [2.05, 4.69) is 5.32 Å². The second-order valence-electron chi connectivity index (χ2n) is 4.95. The summed E-state index contributed by atoms with van der Waals surface area (Å²) in [6.45, 7) is 2.24. The summed E-state index contributed by atoms with van der Waals surface area (Å²) in [6.07, 6.45) is 2.73. The molecule has 0 aliphatic rings. The van der Waals surface area contributed by atoms with Gasteiger partial charge in [0, 0.05) is 12.5 Å². The number of amides is 1. The third-order valence-corrected chi connectivity index (χ3v) is 3.22. The van der Waals surface area contributed by atoms with Crippen molar-refractivity contribution in [3.63, 3.8) is 0 Å². The molecule has 1 aromatic carbocycles. The van der Waals surface area contributed by atoms with Crippen LogP contribution in [-0.4, -0.2) is 23.2 Å². The minimum Gasteiger partial charge on any atom is -0.481 e. The Kier molecular flexibility index (Phi) is 7.94. The summed E-state index contributed by atoms with van der Waals surface area (Å²) in [5.74, 6) is -0.779. The molecule has 0 aromatic heterocycles. The van der Waals surface area contributed by atoms with Gasteiger partial charge >= 0.3 is 12.1 Å². The molecular weight excluding hydrogens is 270 g/mol. The van der Waals surface area contributed by atoms with Crippen molar-refractivity contribution in [2.45, 2.75) is 51.7 Å². The lowest BCUT2D eigenvalue weighted by atomic mass is 10.1. The molecule has 1 atom stereocenters. The first-order chi connectivity index (χ1) is 10.1. The van der Waals surface area contributed by atoms with E-state index >= 15 is 0 Å². The highest BCUT2D eigenvalue weighted by atomic mass is 16.5. The number of hydrogen-bond acceptors (Lipinski definition) is 3. The Hall–Kier alpha value is -2.04. The summed E-state index contributed by atoms with van der Waals surface area (Å²) in [7, 11) is 0. The molecule has 0 fully saturated rings. The smallest absolute Gasteiger partial charge is 0.407 e. The molecule has 0 saturated heterocycles. The second kappa shape index (κ2) is 9.80. The zero-order valence-corrected chi connectivity index (χ0v) is 12.4. The summed E-state index contributed by atoms with van der Waals surface area (Å²) >= 11 is 0. The maximum Gasteiger partial charge on any atom is 0.407 e. The average Bonchev–Trinajstić information content (AvgIpc) is 2.49. The normalized spacial score (nSPS) is 11.7. The zero-order valence-electron chi connectivity index (χ0n) is 12.4. The molecule has 0 spiro atoms. The zero-order chi connectivity index (χ0) is 15.5. The van der Waals surface area contributed by atoms with Gasteiger partial charge in [0.05, 0.1) is 0 Å². The number of ether oxygens (including phenoxy) is 1. The van der Waals surface area contributed by atoms with Crippen molar-refractivity contribution in [2.24, 2.45) is 0 Å². The number of hydrogen-bond donors (Lipinski definition) is 2. The van der Waals surface area contributed by atoms with Crippen LogP contribution >= 0.6 is 0 Å². The Morgan fingerprint density at radius 1 is 1.24 bits per heavy atom. The average molecular weight is 293 g/mol. The highest BCUT2D eigenvalue weighted by Gasteiger charge is 2.11. The number of aliphatic carboxylic acids is 1. The summed E-state index contributed by atoms with van der Waals surface area (Å²) < 4.78 is 5.16. The lowest BCUT2D eigenvalue weighted by molar-refractivity contribution is -0.137. The van der Waals surface area contributed by atoms with Gasteiger partial charge in [0.2, 0.25) is 0 Å². The standard InChI is InChI=1S/C16H23NO4/c1-2-14(10-6-7-11-15(18)19)17-16(20)21-12-13-8-4-3-5-9-13/h3-5,8-9,14H,2,6-7,10-12H2,1H3,(H,17,20)(H,18,19). The van der Waals surface area contributed by atoms with E-state index in [-0.39, 0.29) is 19.1 Å². The summed E-state index contributed by atoms with van der Waals surface area (Å²) in [4.78, 5) is 22.1. The van der Waals surface area contributed by atoms with Gasteiger partial charge in [0.1, 0.15) is 6.61 Å². The number of rotatable bonds is 9. The highest BCUT2D eigenvalue weighted by molar-refractivity contribution is 5.67. The first kappa shape index (κ1) is 17.0. The third kappa shape index (κ3) is 7.97. The Labute approximate surface area is 125 Å². The van der Waals surface area contributed by atoms with Crippen molar-refractivity contribution in [1.82, 2.24) is 5.32 Å². The maximum atomic E-state index is 11.7. The molecular formula is C16H23NO4. The molecule has 1 amide bonds. The summed E-state index contributed by atoms with van der Waals surface area (Å²) in [5.41, 5.74) is 0.946. The number of carbonyl (C=O) groups is 2. The molecule has 1 unspecified atom stereocenters. The molecule has 1 rings (SSSR count). The predicted molar refractivity (Wildman–Crippen MR) is 79.9 cm³/mol. The molecule has 5 nitrogen and oxygen atoms in total. The molecule has 0 saturated carbocycles. The van der Waals surface area contributed by atoms with Crippen molar-refractivity contribution < 1.29 is 19.4 Å². The molecule has 0 aliphatic carbocycles. The van der Waals surface area contributed by atoms with Crippen LogP contribution in [0.1, 0.15) is 44.6 Å². The van der Waals surface area contributed by atoms with Gasteiger partial charge in [0.15, 0.2) is 0 Å². The van der Waals surface area contributed by atoms with Crippen LogP contribution in [0.3, 0.4) is 0 Å². The fourth-order valence-corrected chi connectivity index (χ4v) is 1.98. The number of nitrogens with one attached hydrogen (secondary N) is 1. The molecule has 0 bridgehead atoms. The molecule has 1 aromatic rings. The molecule has 0 heterocycles. The lowest BCUT2D eigenvalue weighted by Crippen LogP contribution is -2.34. The maximum absolute atomic E-state index is 11.7. The van der Waals surface area contributed by atoms with E-state index in [1.54, 1.807) is 0 Å². The predicted octanol–water partition coefficient (Wildman–Crippen LogP) is 3.34. The van der Waals surface area contributed by atoms with Crippen LogP contribution in [0, 0.1) is 0 Å². The number of alkyl carbamates (subject to hydrolysis) is 1. The summed E-state index contributed by atoms with van der Waals surface area (Å²) in [6, 6.07) is 9.53. The lowest BCUT2D eigenvalue weighted by Gasteiger charge is -2.16. The van der Waals surface area contributed by atoms with Crippen molar-refractivity contribution >= 4 is 12.1 Å². The number of carboxylic acids is 1. The highest BCUT2D eigenvalue weighted by Crippen LogP contribution is 2.07. The van der Waals surface area contributed by atoms with Crippen LogP contribution in [0.5, 0.6) is 0 Å². The molecule has 116 valence electrons. The van der Waals surface area contributed by atoms with Gasteiger partial charge in [-0.15, -0.1) is 0 Å². The van der Waals surface area contributed by atoms with Crippen LogP contribution < -0.4 is 5.32 Å². The van der Waals surface area contributed by atoms with E-state index in [9.17, 15) is 9.59 Å². The topological polar surface area (TPSA) is 75.6 Å². The van der Waals surface area contributed by atoms with Gasteiger partial charge in [-0.2, -0.15) is 0 Å². The fourth-order valence-electron chi connectivity index (χ4n) is 1.98. The Balaban J connectivity index is 2.22. The monoisotopic (exact) mass is 293 g/mol. The van der Waals surface area contributed by atoms with Crippen LogP contribution in [-0.2, 0) is 16.1 Å². The van der Waals surface area contributed by atoms with Crippen LogP contribution in [0.15, 0.2) is 30.3 Å². The van der Waals surface area contributed by atoms with E-state index in [0.717, 1.165) is 24.8 Å². The van der Waals surface area contributed by atoms with Gasteiger partial charge in [-0.05, 0) is 24.8 Å². The Morgan fingerprint density at radius 2 is 1.95 bits per heavy atom. The van der Waals surface area contributed by atoms with E-state index in [0.29, 0.717) is 6.42 Å². The quantitative estimate of drug-likeness (QED) is 0.685.